The summed E-state index contributed by atoms with van der Waals surface area (Å²) in [5.74, 6) is 0.805. The maximum atomic E-state index is 12.7. The third-order valence-corrected chi connectivity index (χ3v) is 4.10. The summed E-state index contributed by atoms with van der Waals surface area (Å²) in [5, 5.41) is 3.26. The molecule has 0 heterocycles. The maximum Gasteiger partial charge on any atom is 0.416 e. The van der Waals surface area contributed by atoms with Crippen LogP contribution >= 0.6 is 0 Å². The second-order valence-corrected chi connectivity index (χ2v) is 5.73. The lowest BCUT2D eigenvalue weighted by molar-refractivity contribution is -0.137. The molecule has 1 aromatic rings. The van der Waals surface area contributed by atoms with E-state index in [2.05, 4.69) is 12.2 Å². The van der Waals surface area contributed by atoms with Gasteiger partial charge in [-0.05, 0) is 49.8 Å². The van der Waals surface area contributed by atoms with Gasteiger partial charge in [-0.1, -0.05) is 25.8 Å². The van der Waals surface area contributed by atoms with E-state index in [1.54, 1.807) is 6.07 Å². The van der Waals surface area contributed by atoms with E-state index in [-0.39, 0.29) is 0 Å². The summed E-state index contributed by atoms with van der Waals surface area (Å²) in [6.07, 6.45) is 2.71. The topological polar surface area (TPSA) is 12.0 Å². The third kappa shape index (κ3) is 4.15. The van der Waals surface area contributed by atoms with Crippen molar-refractivity contribution in [2.75, 3.05) is 5.32 Å². The fourth-order valence-electron chi connectivity index (χ4n) is 3.02. The lowest BCUT2D eigenvalue weighted by atomic mass is 9.83. The highest BCUT2D eigenvalue weighted by molar-refractivity contribution is 5.47. The summed E-state index contributed by atoms with van der Waals surface area (Å²) < 4.78 is 38.0. The van der Waals surface area contributed by atoms with Crippen LogP contribution in [0.15, 0.2) is 24.3 Å². The zero-order valence-corrected chi connectivity index (χ0v) is 11.8. The van der Waals surface area contributed by atoms with E-state index < -0.39 is 11.7 Å². The molecule has 0 aliphatic heterocycles. The molecule has 112 valence electrons. The molecule has 1 aliphatic rings. The smallest absolute Gasteiger partial charge is 0.382 e. The normalized spacial score (nSPS) is 23.6. The Hall–Kier alpha value is -1.19. The van der Waals surface area contributed by atoms with Crippen LogP contribution in [0.25, 0.3) is 0 Å². The quantitative estimate of drug-likeness (QED) is 0.772. The van der Waals surface area contributed by atoms with Gasteiger partial charge in [0.05, 0.1) is 5.56 Å². The van der Waals surface area contributed by atoms with E-state index in [9.17, 15) is 13.2 Å². The van der Waals surface area contributed by atoms with Crippen LogP contribution in [-0.4, -0.2) is 6.04 Å². The number of hydrogen-bond acceptors (Lipinski definition) is 1. The van der Waals surface area contributed by atoms with Crippen molar-refractivity contribution in [3.63, 3.8) is 0 Å². The largest absolute Gasteiger partial charge is 0.416 e. The molecule has 1 saturated carbocycles. The molecule has 0 atom stereocenters. The number of hydrogen-bond donors (Lipinski definition) is 1. The Bertz CT molecular complexity index is 420. The van der Waals surface area contributed by atoms with Crippen LogP contribution < -0.4 is 5.32 Å². The van der Waals surface area contributed by atoms with Crippen LogP contribution in [0.2, 0.25) is 0 Å². The minimum Gasteiger partial charge on any atom is -0.382 e. The van der Waals surface area contributed by atoms with Crippen LogP contribution in [-0.2, 0) is 6.18 Å². The lowest BCUT2D eigenvalue weighted by Gasteiger charge is -2.29. The fourth-order valence-corrected chi connectivity index (χ4v) is 3.02. The zero-order valence-electron chi connectivity index (χ0n) is 11.8. The Morgan fingerprint density at radius 1 is 1.15 bits per heavy atom. The molecule has 2 rings (SSSR count). The van der Waals surface area contributed by atoms with Crippen LogP contribution in [0, 0.1) is 5.92 Å². The van der Waals surface area contributed by atoms with Crippen molar-refractivity contribution in [1.82, 2.24) is 0 Å². The van der Waals surface area contributed by atoms with Gasteiger partial charge in [0.2, 0.25) is 0 Å². The molecule has 0 radical (unpaired) electrons. The van der Waals surface area contributed by atoms with Crippen LogP contribution in [0.3, 0.4) is 0 Å². The highest BCUT2D eigenvalue weighted by Gasteiger charge is 2.30. The second kappa shape index (κ2) is 6.51. The van der Waals surface area contributed by atoms with Crippen molar-refractivity contribution in [3.05, 3.63) is 29.8 Å². The number of alkyl halides is 3. The summed E-state index contributed by atoms with van der Waals surface area (Å²) >= 11 is 0. The first-order valence-electron chi connectivity index (χ1n) is 7.43. The minimum absolute atomic E-state index is 0.312. The van der Waals surface area contributed by atoms with Crippen molar-refractivity contribution in [1.29, 1.82) is 0 Å². The number of halogens is 3. The lowest BCUT2D eigenvalue weighted by Crippen LogP contribution is -2.26. The second-order valence-electron chi connectivity index (χ2n) is 5.73. The molecule has 1 nitrogen and oxygen atoms in total. The summed E-state index contributed by atoms with van der Waals surface area (Å²) in [4.78, 5) is 0. The first kappa shape index (κ1) is 15.2. The first-order chi connectivity index (χ1) is 9.49. The van der Waals surface area contributed by atoms with Crippen molar-refractivity contribution in [3.8, 4) is 0 Å². The van der Waals surface area contributed by atoms with Crippen molar-refractivity contribution >= 4 is 5.69 Å². The fraction of sp³-hybridized carbons (Fsp3) is 0.625. The molecular weight excluding hydrogens is 263 g/mol. The summed E-state index contributed by atoms with van der Waals surface area (Å²) in [5.41, 5.74) is 0.000866. The molecular formula is C16H22F3N. The molecule has 0 amide bonds. The zero-order chi connectivity index (χ0) is 14.6. The summed E-state index contributed by atoms with van der Waals surface area (Å²) in [7, 11) is 0. The standard InChI is InChI=1S/C16H22F3N/c1-2-4-12-7-9-14(10-8-12)20-15-6-3-5-13(11-15)16(17,18)19/h3,5-6,11-12,14,20H,2,4,7-10H2,1H3. The van der Waals surface area contributed by atoms with E-state index in [4.69, 9.17) is 0 Å². The van der Waals surface area contributed by atoms with Gasteiger partial charge in [0.25, 0.3) is 0 Å². The molecule has 0 aromatic heterocycles. The Morgan fingerprint density at radius 3 is 2.45 bits per heavy atom. The van der Waals surface area contributed by atoms with Crippen molar-refractivity contribution < 1.29 is 13.2 Å². The van der Waals surface area contributed by atoms with Crippen molar-refractivity contribution in [2.24, 2.45) is 5.92 Å². The summed E-state index contributed by atoms with van der Waals surface area (Å²) in [6.45, 7) is 2.20. The van der Waals surface area contributed by atoms with E-state index in [0.29, 0.717) is 11.7 Å². The van der Waals surface area contributed by atoms with Crippen LogP contribution in [0.1, 0.15) is 51.0 Å². The molecule has 20 heavy (non-hydrogen) atoms. The van der Waals surface area contributed by atoms with Gasteiger partial charge in [-0.15, -0.1) is 0 Å². The number of nitrogens with one attached hydrogen (secondary N) is 1. The predicted octanol–water partition coefficient (Wildman–Crippen LogP) is 5.48. The van der Waals surface area contributed by atoms with Crippen LogP contribution in [0.5, 0.6) is 0 Å². The van der Waals surface area contributed by atoms with Gasteiger partial charge >= 0.3 is 6.18 Å². The van der Waals surface area contributed by atoms with Gasteiger partial charge in [-0.2, -0.15) is 13.2 Å². The van der Waals surface area contributed by atoms with E-state index >= 15 is 0 Å². The molecule has 0 spiro atoms. The number of benzene rings is 1. The Morgan fingerprint density at radius 2 is 1.85 bits per heavy atom. The van der Waals surface area contributed by atoms with Gasteiger partial charge in [-0.3, -0.25) is 0 Å². The van der Waals surface area contributed by atoms with Gasteiger partial charge < -0.3 is 5.32 Å². The predicted molar refractivity (Wildman–Crippen MR) is 75.7 cm³/mol. The molecule has 1 aliphatic carbocycles. The van der Waals surface area contributed by atoms with E-state index in [1.165, 1.54) is 37.8 Å². The molecule has 1 fully saturated rings. The molecule has 0 unspecified atom stereocenters. The molecule has 1 aromatic carbocycles. The Kier molecular flexibility index (Phi) is 4.95. The van der Waals surface area contributed by atoms with Crippen LogP contribution in [0.4, 0.5) is 18.9 Å². The molecule has 0 bridgehead atoms. The Balaban J connectivity index is 1.91. The SMILES string of the molecule is CCCC1CCC(Nc2cccc(C(F)(F)F)c2)CC1. The van der Waals surface area contributed by atoms with E-state index in [0.717, 1.165) is 24.8 Å². The number of anilines is 1. The minimum atomic E-state index is -4.27. The van der Waals surface area contributed by atoms with Gasteiger partial charge in [0.1, 0.15) is 0 Å². The van der Waals surface area contributed by atoms with Gasteiger partial charge in [-0.25, -0.2) is 0 Å². The Labute approximate surface area is 118 Å². The highest BCUT2D eigenvalue weighted by Crippen LogP contribution is 2.32. The number of rotatable bonds is 4. The van der Waals surface area contributed by atoms with Crippen molar-refractivity contribution in [2.45, 2.75) is 57.7 Å². The highest BCUT2D eigenvalue weighted by atomic mass is 19.4. The van der Waals surface area contributed by atoms with Gasteiger partial charge in [0.15, 0.2) is 0 Å². The first-order valence-corrected chi connectivity index (χ1v) is 7.43. The average molecular weight is 285 g/mol. The van der Waals surface area contributed by atoms with Gasteiger partial charge in [0, 0.05) is 11.7 Å². The molecule has 0 saturated heterocycles. The molecule has 4 heteroatoms. The maximum absolute atomic E-state index is 12.7. The average Bonchev–Trinajstić information content (AvgIpc) is 2.41. The monoisotopic (exact) mass is 285 g/mol. The van der Waals surface area contributed by atoms with E-state index in [1.807, 2.05) is 0 Å². The molecule has 1 N–H and O–H groups in total. The summed E-state index contributed by atoms with van der Waals surface area (Å²) in [6, 6.07) is 5.81. The third-order valence-electron chi connectivity index (χ3n) is 4.10.